The van der Waals surface area contributed by atoms with Crippen molar-refractivity contribution in [2.24, 2.45) is 0 Å². The Morgan fingerprint density at radius 3 is 2.85 bits per heavy atom. The van der Waals surface area contributed by atoms with Gasteiger partial charge in [-0.3, -0.25) is 4.90 Å². The molecule has 0 bridgehead atoms. The van der Waals surface area contributed by atoms with Gasteiger partial charge in [0.1, 0.15) is 5.69 Å². The van der Waals surface area contributed by atoms with E-state index in [1.54, 1.807) is 6.08 Å². The molecule has 186 valence electrons. The van der Waals surface area contributed by atoms with Gasteiger partial charge in [-0.05, 0) is 39.0 Å². The fourth-order valence-electron chi connectivity index (χ4n) is 5.03. The molecule has 34 heavy (non-hydrogen) atoms. The Morgan fingerprint density at radius 2 is 2.12 bits per heavy atom. The molecule has 2 aliphatic heterocycles. The van der Waals surface area contributed by atoms with Crippen LogP contribution in [0.5, 0.6) is 0 Å². The lowest BCUT2D eigenvalue weighted by atomic mass is 10.0. The van der Waals surface area contributed by atoms with E-state index in [0.717, 1.165) is 68.1 Å². The molecular formula is C27H39N3O4. The number of hydrogen-bond acceptors (Lipinski definition) is 7. The highest BCUT2D eigenvalue weighted by Crippen LogP contribution is 2.35. The van der Waals surface area contributed by atoms with Gasteiger partial charge in [0.2, 0.25) is 5.88 Å². The second kappa shape index (κ2) is 12.5. The zero-order valence-corrected chi connectivity index (χ0v) is 20.4. The average molecular weight is 470 g/mol. The molecule has 3 heterocycles. The number of aliphatic hydroxyl groups excluding tert-OH is 1. The summed E-state index contributed by atoms with van der Waals surface area (Å²) in [6.45, 7) is 10.3. The molecular weight excluding hydrogens is 430 g/mol. The topological polar surface area (TPSA) is 71.2 Å². The average Bonchev–Trinajstić information content (AvgIpc) is 3.50. The molecule has 7 nitrogen and oxygen atoms in total. The number of ether oxygens (including phenoxy) is 2. The maximum absolute atomic E-state index is 10.7. The van der Waals surface area contributed by atoms with Crippen molar-refractivity contribution in [3.63, 3.8) is 0 Å². The summed E-state index contributed by atoms with van der Waals surface area (Å²) in [6, 6.07) is 10.6. The number of piperidine rings is 1. The van der Waals surface area contributed by atoms with Gasteiger partial charge >= 0.3 is 0 Å². The van der Waals surface area contributed by atoms with Crippen molar-refractivity contribution in [2.45, 2.75) is 63.8 Å². The van der Waals surface area contributed by atoms with Gasteiger partial charge in [0.25, 0.3) is 0 Å². The van der Waals surface area contributed by atoms with Crippen LogP contribution in [0, 0.1) is 0 Å². The molecule has 7 heteroatoms. The maximum Gasteiger partial charge on any atom is 0.232 e. The maximum atomic E-state index is 10.7. The molecule has 4 rings (SSSR count). The summed E-state index contributed by atoms with van der Waals surface area (Å²) in [5, 5.41) is 15.3. The molecule has 2 aliphatic rings. The molecule has 0 saturated carbocycles. The van der Waals surface area contributed by atoms with E-state index in [-0.39, 0.29) is 12.7 Å². The summed E-state index contributed by atoms with van der Waals surface area (Å²) in [6.07, 6.45) is 6.97. The highest BCUT2D eigenvalue weighted by Gasteiger charge is 2.30. The van der Waals surface area contributed by atoms with Gasteiger partial charge in [0.15, 0.2) is 0 Å². The molecule has 2 saturated heterocycles. The largest absolute Gasteiger partial charge is 0.389 e. The lowest BCUT2D eigenvalue weighted by Gasteiger charge is -2.34. The van der Waals surface area contributed by atoms with Gasteiger partial charge in [-0.25, -0.2) is 0 Å². The summed E-state index contributed by atoms with van der Waals surface area (Å²) in [7, 11) is 0. The Hall–Kier alpha value is -2.19. The third kappa shape index (κ3) is 6.48. The molecule has 3 atom stereocenters. The third-order valence-corrected chi connectivity index (χ3v) is 6.76. The summed E-state index contributed by atoms with van der Waals surface area (Å²) in [4.78, 5) is 4.64. The number of benzene rings is 1. The Morgan fingerprint density at radius 1 is 1.26 bits per heavy atom. The van der Waals surface area contributed by atoms with Crippen molar-refractivity contribution < 1.29 is 19.1 Å². The first-order chi connectivity index (χ1) is 16.7. The SMILES string of the molecule is C=CCOC[C@H](O)CN(Cc1c(-c2ccccc2)noc1N1CCCC[C@H]1C)C[C@@H]1CCCO1. The number of anilines is 1. The molecule has 1 N–H and O–H groups in total. The van der Waals surface area contributed by atoms with Crippen LogP contribution in [0.2, 0.25) is 0 Å². The van der Waals surface area contributed by atoms with Crippen molar-refractivity contribution in [2.75, 3.05) is 44.4 Å². The monoisotopic (exact) mass is 469 g/mol. The van der Waals surface area contributed by atoms with Crippen LogP contribution in [-0.4, -0.2) is 72.9 Å². The fourth-order valence-corrected chi connectivity index (χ4v) is 5.03. The van der Waals surface area contributed by atoms with E-state index in [0.29, 0.717) is 25.7 Å². The molecule has 2 fully saturated rings. The number of aliphatic hydroxyl groups is 1. The third-order valence-electron chi connectivity index (χ3n) is 6.76. The van der Waals surface area contributed by atoms with E-state index < -0.39 is 6.10 Å². The summed E-state index contributed by atoms with van der Waals surface area (Å²) in [5.41, 5.74) is 3.00. The fraction of sp³-hybridized carbons (Fsp3) is 0.593. The molecule has 0 aliphatic carbocycles. The quantitative estimate of drug-likeness (QED) is 0.368. The summed E-state index contributed by atoms with van der Waals surface area (Å²) < 4.78 is 17.5. The smallest absolute Gasteiger partial charge is 0.232 e. The van der Waals surface area contributed by atoms with Crippen molar-refractivity contribution >= 4 is 5.88 Å². The minimum Gasteiger partial charge on any atom is -0.389 e. The Kier molecular flexibility index (Phi) is 9.16. The van der Waals surface area contributed by atoms with E-state index in [1.165, 1.54) is 6.42 Å². The zero-order chi connectivity index (χ0) is 23.8. The number of aromatic nitrogens is 1. The Labute approximate surface area is 203 Å². The van der Waals surface area contributed by atoms with E-state index in [4.69, 9.17) is 14.0 Å². The normalized spacial score (nSPS) is 21.8. The van der Waals surface area contributed by atoms with Crippen LogP contribution in [0.3, 0.4) is 0 Å². The van der Waals surface area contributed by atoms with Crippen molar-refractivity contribution in [1.82, 2.24) is 10.1 Å². The Balaban J connectivity index is 1.61. The lowest BCUT2D eigenvalue weighted by molar-refractivity contribution is 0.00858. The highest BCUT2D eigenvalue weighted by molar-refractivity contribution is 5.68. The van der Waals surface area contributed by atoms with Gasteiger partial charge in [-0.2, -0.15) is 0 Å². The number of hydrogen-bond donors (Lipinski definition) is 1. The first-order valence-corrected chi connectivity index (χ1v) is 12.7. The van der Waals surface area contributed by atoms with Gasteiger partial charge in [0.05, 0.1) is 31.0 Å². The van der Waals surface area contributed by atoms with Gasteiger partial charge < -0.3 is 24.0 Å². The molecule has 0 radical (unpaired) electrons. The zero-order valence-electron chi connectivity index (χ0n) is 20.4. The highest BCUT2D eigenvalue weighted by atomic mass is 16.5. The second-order valence-corrected chi connectivity index (χ2v) is 9.53. The number of nitrogens with zero attached hydrogens (tertiary/aromatic N) is 3. The van der Waals surface area contributed by atoms with Crippen LogP contribution < -0.4 is 4.90 Å². The van der Waals surface area contributed by atoms with E-state index in [2.05, 4.69) is 40.6 Å². The first kappa shape index (κ1) is 24.9. The van der Waals surface area contributed by atoms with Crippen molar-refractivity contribution in [3.05, 3.63) is 48.6 Å². The van der Waals surface area contributed by atoms with E-state index >= 15 is 0 Å². The van der Waals surface area contributed by atoms with Crippen LogP contribution >= 0.6 is 0 Å². The van der Waals surface area contributed by atoms with E-state index in [1.807, 2.05) is 18.2 Å². The van der Waals surface area contributed by atoms with Crippen molar-refractivity contribution in [1.29, 1.82) is 0 Å². The van der Waals surface area contributed by atoms with Crippen LogP contribution in [0.4, 0.5) is 5.88 Å². The summed E-state index contributed by atoms with van der Waals surface area (Å²) in [5.74, 6) is 0.862. The predicted molar refractivity (Wildman–Crippen MR) is 134 cm³/mol. The standard InChI is InChI=1S/C27H39N3O4/c1-3-15-32-20-23(31)17-29(18-24-13-9-16-33-24)19-25-26(22-11-5-4-6-12-22)28-34-27(25)30-14-8-7-10-21(30)2/h3-6,11-12,21,23-24,31H,1,7-10,13-20H2,2H3/t21-,23-,24+/m1/s1. The molecule has 1 aromatic heterocycles. The molecule has 0 amide bonds. The molecule has 2 aromatic rings. The number of rotatable bonds is 12. The van der Waals surface area contributed by atoms with Gasteiger partial charge in [-0.1, -0.05) is 41.6 Å². The molecule has 0 unspecified atom stereocenters. The van der Waals surface area contributed by atoms with Gasteiger partial charge in [-0.15, -0.1) is 6.58 Å². The summed E-state index contributed by atoms with van der Waals surface area (Å²) >= 11 is 0. The minimum atomic E-state index is -0.598. The Bertz CT molecular complexity index is 881. The van der Waals surface area contributed by atoms with Crippen LogP contribution in [0.25, 0.3) is 11.3 Å². The molecule has 0 spiro atoms. The van der Waals surface area contributed by atoms with Crippen LogP contribution in [0.1, 0.15) is 44.6 Å². The van der Waals surface area contributed by atoms with Crippen molar-refractivity contribution in [3.8, 4) is 11.3 Å². The van der Waals surface area contributed by atoms with Crippen LogP contribution in [0.15, 0.2) is 47.5 Å². The van der Waals surface area contributed by atoms with Crippen LogP contribution in [-0.2, 0) is 16.0 Å². The first-order valence-electron chi connectivity index (χ1n) is 12.7. The van der Waals surface area contributed by atoms with Gasteiger partial charge in [0, 0.05) is 44.4 Å². The minimum absolute atomic E-state index is 0.179. The molecule has 1 aromatic carbocycles. The predicted octanol–water partition coefficient (Wildman–Crippen LogP) is 4.26. The second-order valence-electron chi connectivity index (χ2n) is 9.53. The van der Waals surface area contributed by atoms with E-state index in [9.17, 15) is 5.11 Å². The lowest BCUT2D eigenvalue weighted by Crippen LogP contribution is -2.40.